The van der Waals surface area contributed by atoms with Crippen molar-refractivity contribution in [3.63, 3.8) is 0 Å². The van der Waals surface area contributed by atoms with Gasteiger partial charge in [-0.3, -0.25) is 4.79 Å². The molecular weight excluding hydrogens is 398 g/mol. The van der Waals surface area contributed by atoms with E-state index in [9.17, 15) is 9.90 Å². The van der Waals surface area contributed by atoms with E-state index in [-0.39, 0.29) is 12.5 Å². The summed E-state index contributed by atoms with van der Waals surface area (Å²) in [4.78, 5) is 24.5. The molecule has 1 unspecified atom stereocenters. The lowest BCUT2D eigenvalue weighted by atomic mass is 9.97. The number of aliphatic hydroxyl groups is 1. The summed E-state index contributed by atoms with van der Waals surface area (Å²) in [5.41, 5.74) is 1.83. The van der Waals surface area contributed by atoms with E-state index in [0.29, 0.717) is 23.1 Å². The minimum absolute atomic E-state index is 0.211. The molecule has 7 heteroatoms. The van der Waals surface area contributed by atoms with Crippen molar-refractivity contribution in [3.05, 3.63) is 46.1 Å². The van der Waals surface area contributed by atoms with Crippen LogP contribution < -0.4 is 10.1 Å². The topological polar surface area (TPSA) is 84.3 Å². The number of nitrogens with zero attached hydrogens (tertiary/aromatic N) is 2. The Morgan fingerprint density at radius 2 is 2.13 bits per heavy atom. The molecule has 6 nitrogen and oxygen atoms in total. The Bertz CT molecular complexity index is 1100. The summed E-state index contributed by atoms with van der Waals surface area (Å²) in [5.74, 6) is 2.27. The first-order valence-corrected chi connectivity index (χ1v) is 11.5. The Kier molecular flexibility index (Phi) is 5.16. The molecule has 2 heterocycles. The van der Waals surface area contributed by atoms with Gasteiger partial charge in [-0.2, -0.15) is 4.98 Å². The third-order valence-electron chi connectivity index (χ3n) is 5.61. The molecule has 2 aliphatic rings. The number of thiophene rings is 1. The van der Waals surface area contributed by atoms with Crippen molar-refractivity contribution in [2.45, 2.75) is 57.5 Å². The van der Waals surface area contributed by atoms with Gasteiger partial charge in [-0.1, -0.05) is 6.07 Å². The Hall–Kier alpha value is -2.51. The first-order chi connectivity index (χ1) is 14.6. The average molecular weight is 424 g/mol. The molecule has 30 heavy (non-hydrogen) atoms. The molecule has 5 rings (SSSR count). The van der Waals surface area contributed by atoms with E-state index >= 15 is 0 Å². The van der Waals surface area contributed by atoms with E-state index in [4.69, 9.17) is 14.7 Å². The Labute approximate surface area is 179 Å². The number of hydrogen-bond donors (Lipinski definition) is 2. The third-order valence-corrected chi connectivity index (χ3v) is 6.80. The third kappa shape index (κ3) is 3.91. The number of hydrogen-bond acceptors (Lipinski definition) is 6. The predicted octanol–water partition coefficient (Wildman–Crippen LogP) is 4.35. The molecule has 1 saturated carbocycles. The fraction of sp³-hybridized carbons (Fsp3) is 0.435. The second-order valence-electron chi connectivity index (χ2n) is 8.24. The van der Waals surface area contributed by atoms with E-state index in [1.165, 1.54) is 23.3 Å². The molecule has 0 aliphatic heterocycles. The lowest BCUT2D eigenvalue weighted by molar-refractivity contribution is 0.0923. The molecule has 1 fully saturated rings. The second-order valence-corrected chi connectivity index (χ2v) is 9.32. The van der Waals surface area contributed by atoms with Crippen LogP contribution in [0.4, 0.5) is 0 Å². The van der Waals surface area contributed by atoms with Crippen LogP contribution in [0.2, 0.25) is 0 Å². The minimum Gasteiger partial charge on any atom is -0.438 e. The van der Waals surface area contributed by atoms with Crippen molar-refractivity contribution < 1.29 is 14.6 Å². The molecule has 156 valence electrons. The highest BCUT2D eigenvalue weighted by Crippen LogP contribution is 2.44. The zero-order valence-electron chi connectivity index (χ0n) is 17.0. The van der Waals surface area contributed by atoms with Crippen molar-refractivity contribution in [2.75, 3.05) is 6.54 Å². The summed E-state index contributed by atoms with van der Waals surface area (Å²) in [6, 6.07) is 7.10. The normalized spacial score (nSPS) is 16.9. The van der Waals surface area contributed by atoms with Crippen molar-refractivity contribution in [2.24, 2.45) is 0 Å². The van der Waals surface area contributed by atoms with E-state index < -0.39 is 6.10 Å². The van der Waals surface area contributed by atoms with Gasteiger partial charge < -0.3 is 15.2 Å². The van der Waals surface area contributed by atoms with Crippen LogP contribution in [0.1, 0.15) is 65.1 Å². The number of rotatable bonds is 6. The van der Waals surface area contributed by atoms with E-state index in [1.807, 2.05) is 6.07 Å². The number of carbonyl (C=O) groups is 1. The summed E-state index contributed by atoms with van der Waals surface area (Å²) < 4.78 is 6.28. The number of aliphatic hydroxyl groups excluding tert-OH is 1. The van der Waals surface area contributed by atoms with Crippen molar-refractivity contribution >= 4 is 27.5 Å². The molecule has 0 saturated heterocycles. The molecule has 0 bridgehead atoms. The highest BCUT2D eigenvalue weighted by atomic mass is 32.1. The molecule has 1 amide bonds. The van der Waals surface area contributed by atoms with Gasteiger partial charge in [0.1, 0.15) is 16.4 Å². The Morgan fingerprint density at radius 3 is 2.93 bits per heavy atom. The first-order valence-electron chi connectivity index (χ1n) is 10.6. The molecule has 2 aromatic heterocycles. The second kappa shape index (κ2) is 7.96. The van der Waals surface area contributed by atoms with Gasteiger partial charge in [0.2, 0.25) is 5.88 Å². The number of fused-ring (bicyclic) bond motifs is 3. The summed E-state index contributed by atoms with van der Waals surface area (Å²) in [7, 11) is 0. The lowest BCUT2D eigenvalue weighted by Gasteiger charge is -2.13. The van der Waals surface area contributed by atoms with Crippen LogP contribution in [0.5, 0.6) is 11.6 Å². The molecule has 1 aromatic carbocycles. The maximum atomic E-state index is 12.4. The van der Waals surface area contributed by atoms with Crippen LogP contribution in [-0.2, 0) is 12.8 Å². The molecule has 1 atom stereocenters. The number of benzene rings is 1. The highest BCUT2D eigenvalue weighted by molar-refractivity contribution is 7.18. The Balaban J connectivity index is 1.50. The van der Waals surface area contributed by atoms with Crippen LogP contribution >= 0.6 is 11.3 Å². The number of nitrogens with one attached hydrogen (secondary N) is 1. The first kappa shape index (κ1) is 19.5. The molecule has 2 aliphatic carbocycles. The van der Waals surface area contributed by atoms with E-state index in [0.717, 1.165) is 41.7 Å². The number of amides is 1. The maximum Gasteiger partial charge on any atom is 0.251 e. The van der Waals surface area contributed by atoms with Crippen LogP contribution in [0.3, 0.4) is 0 Å². The zero-order valence-corrected chi connectivity index (χ0v) is 17.8. The van der Waals surface area contributed by atoms with Crippen molar-refractivity contribution in [1.82, 2.24) is 15.3 Å². The summed E-state index contributed by atoms with van der Waals surface area (Å²) in [6.45, 7) is 1.85. The average Bonchev–Trinajstić information content (AvgIpc) is 3.52. The van der Waals surface area contributed by atoms with Crippen LogP contribution in [-0.4, -0.2) is 33.6 Å². The minimum atomic E-state index is -0.590. The van der Waals surface area contributed by atoms with Gasteiger partial charge in [-0.15, -0.1) is 11.3 Å². The SMILES string of the molecule is CC(O)CNC(=O)c1cccc(Oc2nc(C3CC3)nc3sc4c(c23)CCCC4)c1. The number of ether oxygens (including phenoxy) is 1. The summed E-state index contributed by atoms with van der Waals surface area (Å²) in [5, 5.41) is 13.2. The van der Waals surface area contributed by atoms with Crippen molar-refractivity contribution in [1.29, 1.82) is 0 Å². The molecule has 3 aromatic rings. The van der Waals surface area contributed by atoms with Crippen LogP contribution in [0.15, 0.2) is 24.3 Å². The largest absolute Gasteiger partial charge is 0.438 e. The highest BCUT2D eigenvalue weighted by Gasteiger charge is 2.30. The van der Waals surface area contributed by atoms with Gasteiger partial charge >= 0.3 is 0 Å². The fourth-order valence-corrected chi connectivity index (χ4v) is 5.15. The van der Waals surface area contributed by atoms with E-state index in [2.05, 4.69) is 5.32 Å². The summed E-state index contributed by atoms with van der Waals surface area (Å²) in [6.07, 6.45) is 6.23. The zero-order chi connectivity index (χ0) is 20.7. The maximum absolute atomic E-state index is 12.4. The fourth-order valence-electron chi connectivity index (χ4n) is 3.89. The standard InChI is InChI=1S/C23H25N3O3S/c1-13(27)12-24-21(28)15-5-4-6-16(11-15)29-22-19-17-7-2-3-8-18(17)30-23(19)26-20(25-22)14-9-10-14/h4-6,11,13-14,27H,2-3,7-10,12H2,1H3,(H,24,28). The van der Waals surface area contributed by atoms with Gasteiger partial charge in [0.15, 0.2) is 0 Å². The molecule has 2 N–H and O–H groups in total. The van der Waals surface area contributed by atoms with Gasteiger partial charge in [0, 0.05) is 22.9 Å². The van der Waals surface area contributed by atoms with Gasteiger partial charge in [-0.05, 0) is 69.2 Å². The quantitative estimate of drug-likeness (QED) is 0.616. The Morgan fingerprint density at radius 1 is 1.30 bits per heavy atom. The van der Waals surface area contributed by atoms with E-state index in [1.54, 1.807) is 36.5 Å². The monoisotopic (exact) mass is 423 g/mol. The molecule has 0 spiro atoms. The molecule has 0 radical (unpaired) electrons. The number of aryl methyl sites for hydroxylation is 2. The van der Waals surface area contributed by atoms with Gasteiger partial charge in [0.25, 0.3) is 5.91 Å². The summed E-state index contributed by atoms with van der Waals surface area (Å²) >= 11 is 1.78. The lowest BCUT2D eigenvalue weighted by Crippen LogP contribution is -2.30. The van der Waals surface area contributed by atoms with Gasteiger partial charge in [0.05, 0.1) is 11.5 Å². The number of carbonyl (C=O) groups excluding carboxylic acids is 1. The number of aromatic nitrogens is 2. The van der Waals surface area contributed by atoms with Crippen LogP contribution in [0, 0.1) is 0 Å². The van der Waals surface area contributed by atoms with Gasteiger partial charge in [-0.25, -0.2) is 4.98 Å². The molecular formula is C23H25N3O3S. The smallest absolute Gasteiger partial charge is 0.251 e. The van der Waals surface area contributed by atoms with Crippen LogP contribution in [0.25, 0.3) is 10.2 Å². The predicted molar refractivity (Wildman–Crippen MR) is 117 cm³/mol. The van der Waals surface area contributed by atoms with Crippen molar-refractivity contribution in [3.8, 4) is 11.6 Å².